The van der Waals surface area contributed by atoms with Crippen molar-refractivity contribution in [3.05, 3.63) is 59.7 Å². The fourth-order valence-corrected chi connectivity index (χ4v) is 3.09. The highest BCUT2D eigenvalue weighted by atomic mass is 16.6. The number of nitrogens with two attached hydrogens (primary N) is 1. The number of likely N-dealkylation sites (tertiary alicyclic amines) is 1. The molecule has 1 heterocycles. The van der Waals surface area contributed by atoms with E-state index in [0.29, 0.717) is 25.7 Å². The fraction of sp³-hybridized carbons (Fsp3) is 0.409. The molecule has 27 heavy (non-hydrogen) atoms. The highest BCUT2D eigenvalue weighted by molar-refractivity contribution is 5.67. The molecule has 1 saturated heterocycles. The van der Waals surface area contributed by atoms with Crippen LogP contribution in [0.5, 0.6) is 0 Å². The Morgan fingerprint density at radius 1 is 1.15 bits per heavy atom. The van der Waals surface area contributed by atoms with Crippen LogP contribution in [0.4, 0.5) is 16.2 Å². The van der Waals surface area contributed by atoms with Gasteiger partial charge in [-0.15, -0.1) is 0 Å². The van der Waals surface area contributed by atoms with Crippen molar-refractivity contribution in [3.8, 4) is 0 Å². The largest absolute Gasteiger partial charge is 0.445 e. The van der Waals surface area contributed by atoms with Crippen LogP contribution in [-0.2, 0) is 11.3 Å². The Balaban J connectivity index is 0.00000126. The molecular weight excluding hydrogens is 338 g/mol. The van der Waals surface area contributed by atoms with Gasteiger partial charge in [0.1, 0.15) is 6.61 Å². The Morgan fingerprint density at radius 3 is 2.44 bits per heavy atom. The number of hydrogen-bond donors (Lipinski definition) is 2. The maximum atomic E-state index is 12.2. The van der Waals surface area contributed by atoms with Gasteiger partial charge in [-0.05, 0) is 49.1 Å². The smallest absolute Gasteiger partial charge is 0.410 e. The topological polar surface area (TPSA) is 67.6 Å². The average Bonchev–Trinajstić information content (AvgIpc) is 2.71. The lowest BCUT2D eigenvalue weighted by molar-refractivity contribution is 0.0882. The second-order valence-corrected chi connectivity index (χ2v) is 6.52. The van der Waals surface area contributed by atoms with Crippen LogP contribution in [-0.4, -0.2) is 30.1 Å². The van der Waals surface area contributed by atoms with Crippen LogP contribution in [0.1, 0.15) is 37.8 Å². The molecule has 1 aliphatic rings. The second-order valence-electron chi connectivity index (χ2n) is 6.52. The Bertz CT molecular complexity index is 711. The van der Waals surface area contributed by atoms with E-state index in [1.54, 1.807) is 4.90 Å². The normalized spacial score (nSPS) is 14.1. The van der Waals surface area contributed by atoms with E-state index in [4.69, 9.17) is 10.5 Å². The number of carbonyl (C=O) groups excluding carboxylic acids is 1. The minimum Gasteiger partial charge on any atom is -0.445 e. The zero-order valence-electron chi connectivity index (χ0n) is 16.6. The molecule has 0 bridgehead atoms. The van der Waals surface area contributed by atoms with Gasteiger partial charge in [0.05, 0.1) is 0 Å². The third-order valence-corrected chi connectivity index (χ3v) is 4.57. The first-order valence-electron chi connectivity index (χ1n) is 9.70. The van der Waals surface area contributed by atoms with Gasteiger partial charge in [0.15, 0.2) is 0 Å². The lowest BCUT2D eigenvalue weighted by Crippen LogP contribution is -2.42. The van der Waals surface area contributed by atoms with Crippen molar-refractivity contribution >= 4 is 17.5 Å². The van der Waals surface area contributed by atoms with Crippen molar-refractivity contribution in [2.75, 3.05) is 24.1 Å². The highest BCUT2D eigenvalue weighted by Gasteiger charge is 2.24. The average molecular weight is 370 g/mol. The van der Waals surface area contributed by atoms with Gasteiger partial charge < -0.3 is 20.7 Å². The zero-order chi connectivity index (χ0) is 19.6. The summed E-state index contributed by atoms with van der Waals surface area (Å²) in [6.07, 6.45) is 1.58. The summed E-state index contributed by atoms with van der Waals surface area (Å²) in [4.78, 5) is 14.0. The Labute approximate surface area is 162 Å². The summed E-state index contributed by atoms with van der Waals surface area (Å²) >= 11 is 0. The number of piperidine rings is 1. The molecule has 3 N–H and O–H groups in total. The molecule has 5 nitrogen and oxygen atoms in total. The van der Waals surface area contributed by atoms with Crippen LogP contribution >= 0.6 is 0 Å². The minimum absolute atomic E-state index is 0.231. The van der Waals surface area contributed by atoms with E-state index < -0.39 is 0 Å². The summed E-state index contributed by atoms with van der Waals surface area (Å²) in [6, 6.07) is 16.0. The fourth-order valence-electron chi connectivity index (χ4n) is 3.09. The SMILES string of the molecule is CC.Cc1cc(N)ccc1NC1CCN(C(=O)OCc2ccccc2)CC1. The van der Waals surface area contributed by atoms with Gasteiger partial charge in [-0.2, -0.15) is 0 Å². The number of rotatable bonds is 4. The summed E-state index contributed by atoms with van der Waals surface area (Å²) < 4.78 is 5.41. The first-order valence-corrected chi connectivity index (χ1v) is 9.70. The molecular formula is C22H31N3O2. The lowest BCUT2D eigenvalue weighted by atomic mass is 10.0. The predicted molar refractivity (Wildman–Crippen MR) is 112 cm³/mol. The number of benzene rings is 2. The third kappa shape index (κ3) is 6.20. The van der Waals surface area contributed by atoms with Gasteiger partial charge in [-0.25, -0.2) is 4.79 Å². The molecule has 1 aliphatic heterocycles. The Kier molecular flexibility index (Phi) is 7.99. The van der Waals surface area contributed by atoms with E-state index in [1.165, 1.54) is 0 Å². The number of nitrogen functional groups attached to an aromatic ring is 1. The maximum absolute atomic E-state index is 12.2. The van der Waals surface area contributed by atoms with Crippen LogP contribution in [0.3, 0.4) is 0 Å². The van der Waals surface area contributed by atoms with Gasteiger partial charge in [0.25, 0.3) is 0 Å². The van der Waals surface area contributed by atoms with Gasteiger partial charge in [-0.3, -0.25) is 0 Å². The standard InChI is InChI=1S/C20H25N3O2.C2H6/c1-15-13-17(21)7-8-19(15)22-18-9-11-23(12-10-18)20(24)25-14-16-5-3-2-4-6-16;1-2/h2-8,13,18,22H,9-12,14,21H2,1H3;1-2H3. The molecule has 0 aliphatic carbocycles. The van der Waals surface area contributed by atoms with Crippen molar-refractivity contribution < 1.29 is 9.53 Å². The van der Waals surface area contributed by atoms with Gasteiger partial charge in [0.2, 0.25) is 0 Å². The molecule has 0 aromatic heterocycles. The van der Waals surface area contributed by atoms with Crippen LogP contribution in [0, 0.1) is 6.92 Å². The molecule has 1 fully saturated rings. The molecule has 0 saturated carbocycles. The Morgan fingerprint density at radius 2 is 1.81 bits per heavy atom. The lowest BCUT2D eigenvalue weighted by Gasteiger charge is -2.32. The van der Waals surface area contributed by atoms with Gasteiger partial charge in [-0.1, -0.05) is 44.2 Å². The minimum atomic E-state index is -0.231. The van der Waals surface area contributed by atoms with Crippen LogP contribution < -0.4 is 11.1 Å². The van der Waals surface area contributed by atoms with E-state index in [2.05, 4.69) is 12.2 Å². The number of amides is 1. The van der Waals surface area contributed by atoms with Crippen LogP contribution in [0.15, 0.2) is 48.5 Å². The molecule has 146 valence electrons. The number of carbonyl (C=O) groups is 1. The summed E-state index contributed by atoms with van der Waals surface area (Å²) in [6.45, 7) is 7.79. The summed E-state index contributed by atoms with van der Waals surface area (Å²) in [5.74, 6) is 0. The van der Waals surface area contributed by atoms with Crippen molar-refractivity contribution in [1.29, 1.82) is 0 Å². The number of ether oxygens (including phenoxy) is 1. The zero-order valence-corrected chi connectivity index (χ0v) is 16.6. The van der Waals surface area contributed by atoms with E-state index in [1.807, 2.05) is 62.4 Å². The molecule has 0 atom stereocenters. The van der Waals surface area contributed by atoms with E-state index in [9.17, 15) is 4.79 Å². The summed E-state index contributed by atoms with van der Waals surface area (Å²) in [7, 11) is 0. The molecule has 2 aromatic carbocycles. The number of nitrogens with one attached hydrogen (secondary N) is 1. The van der Waals surface area contributed by atoms with Crippen molar-refractivity contribution in [2.24, 2.45) is 0 Å². The van der Waals surface area contributed by atoms with Crippen molar-refractivity contribution in [1.82, 2.24) is 4.90 Å². The molecule has 5 heteroatoms. The van der Waals surface area contributed by atoms with Gasteiger partial charge in [0, 0.05) is 30.5 Å². The first-order chi connectivity index (χ1) is 13.1. The van der Waals surface area contributed by atoms with Crippen LogP contribution in [0.25, 0.3) is 0 Å². The number of anilines is 2. The maximum Gasteiger partial charge on any atom is 0.410 e. The quantitative estimate of drug-likeness (QED) is 0.759. The van der Waals surface area contributed by atoms with E-state index in [-0.39, 0.29) is 6.09 Å². The molecule has 0 unspecified atom stereocenters. The molecule has 0 radical (unpaired) electrons. The van der Waals surface area contributed by atoms with Crippen molar-refractivity contribution in [2.45, 2.75) is 46.3 Å². The monoisotopic (exact) mass is 369 g/mol. The van der Waals surface area contributed by atoms with Crippen molar-refractivity contribution in [3.63, 3.8) is 0 Å². The number of aryl methyl sites for hydroxylation is 1. The molecule has 1 amide bonds. The van der Waals surface area contributed by atoms with E-state index in [0.717, 1.165) is 35.3 Å². The van der Waals surface area contributed by atoms with Crippen LogP contribution in [0.2, 0.25) is 0 Å². The summed E-state index contributed by atoms with van der Waals surface area (Å²) in [5.41, 5.74) is 9.83. The second kappa shape index (κ2) is 10.5. The first kappa shape index (κ1) is 20.6. The summed E-state index contributed by atoms with van der Waals surface area (Å²) in [5, 5.41) is 3.56. The Hall–Kier alpha value is -2.69. The van der Waals surface area contributed by atoms with Gasteiger partial charge >= 0.3 is 6.09 Å². The molecule has 0 spiro atoms. The number of nitrogens with zero attached hydrogens (tertiary/aromatic N) is 1. The predicted octanol–water partition coefficient (Wildman–Crippen LogP) is 4.82. The molecule has 2 aromatic rings. The highest BCUT2D eigenvalue weighted by Crippen LogP contribution is 2.22. The van der Waals surface area contributed by atoms with E-state index >= 15 is 0 Å². The molecule has 3 rings (SSSR count). The number of hydrogen-bond acceptors (Lipinski definition) is 4. The third-order valence-electron chi connectivity index (χ3n) is 4.57.